The monoisotopic (exact) mass is 190 g/mol. The van der Waals surface area contributed by atoms with E-state index in [-0.39, 0.29) is 11.4 Å². The Kier molecular flexibility index (Phi) is 1.77. The van der Waals surface area contributed by atoms with Crippen molar-refractivity contribution in [3.63, 3.8) is 0 Å². The smallest absolute Gasteiger partial charge is 0.254 e. The second kappa shape index (κ2) is 2.74. The van der Waals surface area contributed by atoms with Crippen LogP contribution < -0.4 is 11.1 Å². The third kappa shape index (κ3) is 1.35. The van der Waals surface area contributed by atoms with Gasteiger partial charge < -0.3 is 11.1 Å². The molecular weight excluding hydrogens is 176 g/mol. The van der Waals surface area contributed by atoms with Gasteiger partial charge in [-0.25, -0.2) is 0 Å². The maximum Gasteiger partial charge on any atom is 0.254 e. The lowest BCUT2D eigenvalue weighted by Crippen LogP contribution is -2.49. The second-order valence-corrected chi connectivity index (χ2v) is 4.40. The summed E-state index contributed by atoms with van der Waals surface area (Å²) in [5.41, 5.74) is 7.84. The summed E-state index contributed by atoms with van der Waals surface area (Å²) in [6, 6.07) is 5.62. The van der Waals surface area contributed by atoms with Crippen LogP contribution in [0.5, 0.6) is 0 Å². The van der Waals surface area contributed by atoms with E-state index in [2.05, 4.69) is 5.32 Å². The average molecular weight is 190 g/mol. The van der Waals surface area contributed by atoms with Crippen molar-refractivity contribution >= 4 is 11.6 Å². The first kappa shape index (κ1) is 9.06. The van der Waals surface area contributed by atoms with Crippen molar-refractivity contribution in [3.05, 3.63) is 29.3 Å². The fourth-order valence-corrected chi connectivity index (χ4v) is 1.93. The Labute approximate surface area is 83.3 Å². The van der Waals surface area contributed by atoms with Crippen molar-refractivity contribution in [2.45, 2.75) is 25.8 Å². The highest BCUT2D eigenvalue weighted by molar-refractivity contribution is 6.02. The molecule has 0 radical (unpaired) electrons. The van der Waals surface area contributed by atoms with Crippen LogP contribution in [0.25, 0.3) is 0 Å². The zero-order chi connectivity index (χ0) is 10.3. The topological polar surface area (TPSA) is 55.1 Å². The van der Waals surface area contributed by atoms with E-state index in [0.29, 0.717) is 11.3 Å². The minimum absolute atomic E-state index is 0.0608. The second-order valence-electron chi connectivity index (χ2n) is 4.40. The van der Waals surface area contributed by atoms with E-state index < -0.39 is 0 Å². The van der Waals surface area contributed by atoms with Gasteiger partial charge in [-0.2, -0.15) is 0 Å². The quantitative estimate of drug-likeness (QED) is 0.606. The number of fused-ring (bicyclic) bond motifs is 1. The highest BCUT2D eigenvalue weighted by Gasteiger charge is 2.30. The van der Waals surface area contributed by atoms with E-state index in [1.165, 1.54) is 0 Å². The number of carbonyl (C=O) groups is 1. The standard InChI is InChI=1S/C11H14N2O/c1-11(2)6-7-4-3-5-8(12)9(7)10(14)13-11/h3-5H,6,12H2,1-2H3,(H,13,14). The molecule has 0 saturated heterocycles. The lowest BCUT2D eigenvalue weighted by molar-refractivity contribution is 0.0898. The molecule has 0 saturated carbocycles. The zero-order valence-electron chi connectivity index (χ0n) is 8.42. The lowest BCUT2D eigenvalue weighted by Gasteiger charge is -2.32. The highest BCUT2D eigenvalue weighted by Crippen LogP contribution is 2.26. The summed E-state index contributed by atoms with van der Waals surface area (Å²) in [6.45, 7) is 4.02. The summed E-state index contributed by atoms with van der Waals surface area (Å²) in [4.78, 5) is 11.7. The molecule has 1 amide bonds. The number of rotatable bonds is 0. The molecule has 74 valence electrons. The minimum Gasteiger partial charge on any atom is -0.398 e. The summed E-state index contributed by atoms with van der Waals surface area (Å²) >= 11 is 0. The number of amides is 1. The van der Waals surface area contributed by atoms with Crippen LogP contribution in [0.15, 0.2) is 18.2 Å². The molecule has 1 heterocycles. The molecule has 3 heteroatoms. The van der Waals surface area contributed by atoms with Gasteiger partial charge in [0.25, 0.3) is 5.91 Å². The molecule has 0 bridgehead atoms. The number of nitrogens with one attached hydrogen (secondary N) is 1. The molecule has 14 heavy (non-hydrogen) atoms. The summed E-state index contributed by atoms with van der Waals surface area (Å²) < 4.78 is 0. The van der Waals surface area contributed by atoms with E-state index in [0.717, 1.165) is 12.0 Å². The van der Waals surface area contributed by atoms with Crippen LogP contribution in [0.1, 0.15) is 29.8 Å². The van der Waals surface area contributed by atoms with Gasteiger partial charge in [0, 0.05) is 11.2 Å². The summed E-state index contributed by atoms with van der Waals surface area (Å²) in [5, 5.41) is 2.93. The number of benzene rings is 1. The fraction of sp³-hybridized carbons (Fsp3) is 0.364. The maximum absolute atomic E-state index is 11.7. The summed E-state index contributed by atoms with van der Waals surface area (Å²) in [7, 11) is 0. The van der Waals surface area contributed by atoms with Crippen LogP contribution in [-0.2, 0) is 6.42 Å². The van der Waals surface area contributed by atoms with Gasteiger partial charge in [-0.05, 0) is 31.9 Å². The average Bonchev–Trinajstić information content (AvgIpc) is 2.00. The third-order valence-electron chi connectivity index (χ3n) is 2.49. The Bertz CT molecular complexity index is 396. The molecule has 1 aliphatic heterocycles. The largest absolute Gasteiger partial charge is 0.398 e. The van der Waals surface area contributed by atoms with E-state index in [9.17, 15) is 4.79 Å². The third-order valence-corrected chi connectivity index (χ3v) is 2.49. The Morgan fingerprint density at radius 1 is 1.43 bits per heavy atom. The van der Waals surface area contributed by atoms with E-state index in [1.54, 1.807) is 6.07 Å². The number of anilines is 1. The molecule has 0 unspecified atom stereocenters. The first-order valence-electron chi connectivity index (χ1n) is 4.69. The van der Waals surface area contributed by atoms with Crippen molar-refractivity contribution in [1.82, 2.24) is 5.32 Å². The van der Waals surface area contributed by atoms with Crippen LogP contribution in [-0.4, -0.2) is 11.4 Å². The molecule has 3 N–H and O–H groups in total. The molecule has 0 aliphatic carbocycles. The van der Waals surface area contributed by atoms with Gasteiger partial charge in [-0.3, -0.25) is 4.79 Å². The predicted molar refractivity (Wildman–Crippen MR) is 56.1 cm³/mol. The van der Waals surface area contributed by atoms with Gasteiger partial charge in [0.15, 0.2) is 0 Å². The van der Waals surface area contributed by atoms with Gasteiger partial charge in [-0.1, -0.05) is 12.1 Å². The van der Waals surface area contributed by atoms with Crippen molar-refractivity contribution in [2.24, 2.45) is 0 Å². The van der Waals surface area contributed by atoms with Gasteiger partial charge in [0.1, 0.15) is 0 Å². The van der Waals surface area contributed by atoms with Crippen LogP contribution in [0, 0.1) is 0 Å². The van der Waals surface area contributed by atoms with Crippen molar-refractivity contribution in [1.29, 1.82) is 0 Å². The number of nitrogens with two attached hydrogens (primary N) is 1. The van der Waals surface area contributed by atoms with Crippen molar-refractivity contribution in [2.75, 3.05) is 5.73 Å². The van der Waals surface area contributed by atoms with Crippen LogP contribution in [0.2, 0.25) is 0 Å². The molecule has 1 aromatic carbocycles. The zero-order valence-corrected chi connectivity index (χ0v) is 8.42. The van der Waals surface area contributed by atoms with Crippen molar-refractivity contribution < 1.29 is 4.79 Å². The van der Waals surface area contributed by atoms with Crippen LogP contribution in [0.4, 0.5) is 5.69 Å². The molecular formula is C11H14N2O. The van der Waals surface area contributed by atoms with Gasteiger partial charge >= 0.3 is 0 Å². The Morgan fingerprint density at radius 3 is 2.86 bits per heavy atom. The molecule has 0 spiro atoms. The lowest BCUT2D eigenvalue weighted by atomic mass is 9.87. The number of hydrogen-bond acceptors (Lipinski definition) is 2. The Hall–Kier alpha value is -1.51. The first-order valence-corrected chi connectivity index (χ1v) is 4.69. The van der Waals surface area contributed by atoms with Crippen LogP contribution >= 0.6 is 0 Å². The van der Waals surface area contributed by atoms with Gasteiger partial charge in [0.05, 0.1) is 5.56 Å². The molecule has 3 nitrogen and oxygen atoms in total. The Balaban J connectivity index is 2.56. The number of nitrogen functional groups attached to an aromatic ring is 1. The molecule has 2 rings (SSSR count). The SMILES string of the molecule is CC1(C)Cc2cccc(N)c2C(=O)N1. The Morgan fingerprint density at radius 2 is 2.14 bits per heavy atom. The fourth-order valence-electron chi connectivity index (χ4n) is 1.93. The molecule has 0 atom stereocenters. The van der Waals surface area contributed by atoms with Gasteiger partial charge in [0.2, 0.25) is 0 Å². The summed E-state index contributed by atoms with van der Waals surface area (Å²) in [6.07, 6.45) is 0.832. The van der Waals surface area contributed by atoms with Crippen molar-refractivity contribution in [3.8, 4) is 0 Å². The molecule has 1 aliphatic rings. The number of hydrogen-bond donors (Lipinski definition) is 2. The van der Waals surface area contributed by atoms with E-state index >= 15 is 0 Å². The van der Waals surface area contributed by atoms with Gasteiger partial charge in [-0.15, -0.1) is 0 Å². The maximum atomic E-state index is 11.7. The van der Waals surface area contributed by atoms with Crippen LogP contribution in [0.3, 0.4) is 0 Å². The predicted octanol–water partition coefficient (Wildman–Crippen LogP) is 1.33. The molecule has 0 fully saturated rings. The first-order chi connectivity index (χ1) is 6.49. The highest BCUT2D eigenvalue weighted by atomic mass is 16.1. The summed E-state index contributed by atoms with van der Waals surface area (Å²) in [5.74, 6) is -0.0608. The minimum atomic E-state index is -0.169. The van der Waals surface area contributed by atoms with E-state index in [1.807, 2.05) is 26.0 Å². The van der Waals surface area contributed by atoms with E-state index in [4.69, 9.17) is 5.73 Å². The number of carbonyl (C=O) groups excluding carboxylic acids is 1. The molecule has 0 aromatic heterocycles. The normalized spacial score (nSPS) is 18.6. The molecule has 1 aromatic rings.